The highest BCUT2D eigenvalue weighted by Crippen LogP contribution is 2.33. The van der Waals surface area contributed by atoms with Gasteiger partial charge in [0.05, 0.1) is 0 Å². The van der Waals surface area contributed by atoms with Crippen molar-refractivity contribution in [2.75, 3.05) is 6.79 Å². The van der Waals surface area contributed by atoms with E-state index in [0.29, 0.717) is 19.0 Å². The Labute approximate surface area is 184 Å². The van der Waals surface area contributed by atoms with Crippen LogP contribution in [0.5, 0.6) is 11.5 Å². The predicted molar refractivity (Wildman–Crippen MR) is 120 cm³/mol. The van der Waals surface area contributed by atoms with Crippen LogP contribution >= 0.6 is 0 Å². The van der Waals surface area contributed by atoms with E-state index in [1.54, 1.807) is 0 Å². The van der Waals surface area contributed by atoms with Gasteiger partial charge in [0.1, 0.15) is 0 Å². The highest BCUT2D eigenvalue weighted by molar-refractivity contribution is 5.96. The monoisotopic (exact) mass is 419 g/mol. The van der Waals surface area contributed by atoms with Crippen molar-refractivity contribution in [2.24, 2.45) is 0 Å². The molecule has 2 aromatic heterocycles. The second kappa shape index (κ2) is 8.96. The first-order valence-electron chi connectivity index (χ1n) is 11.1. The van der Waals surface area contributed by atoms with Gasteiger partial charge in [-0.1, -0.05) is 19.9 Å². The lowest BCUT2D eigenvalue weighted by Crippen LogP contribution is -2.37. The van der Waals surface area contributed by atoms with E-state index < -0.39 is 0 Å². The van der Waals surface area contributed by atoms with E-state index in [4.69, 9.17) is 9.47 Å². The first kappa shape index (κ1) is 21.2. The quantitative estimate of drug-likeness (QED) is 0.383. The molecular weight excluding hydrogens is 388 g/mol. The van der Waals surface area contributed by atoms with Crippen molar-refractivity contribution >= 4 is 5.78 Å². The first-order chi connectivity index (χ1) is 15.0. The number of Topliss-reactive ketones (excluding diaryl/α,β-unsaturated/α-hetero) is 1. The summed E-state index contributed by atoms with van der Waals surface area (Å²) in [5, 5.41) is 0. The van der Waals surface area contributed by atoms with Gasteiger partial charge in [-0.15, -0.1) is 0 Å². The van der Waals surface area contributed by atoms with Crippen LogP contribution in [0, 0.1) is 13.8 Å². The van der Waals surface area contributed by atoms with E-state index in [0.717, 1.165) is 46.9 Å². The summed E-state index contributed by atoms with van der Waals surface area (Å²) in [4.78, 5) is 13.1. The molecule has 0 amide bonds. The van der Waals surface area contributed by atoms with Crippen LogP contribution in [0.15, 0.2) is 48.8 Å². The Hall–Kier alpha value is -3.08. The second-order valence-electron chi connectivity index (χ2n) is 8.30. The number of carbonyl (C=O) groups is 1. The normalized spacial score (nSPS) is 12.5. The zero-order chi connectivity index (χ0) is 22.0. The highest BCUT2D eigenvalue weighted by atomic mass is 16.7. The summed E-state index contributed by atoms with van der Waals surface area (Å²) in [6.45, 7) is 9.82. The Kier molecular flexibility index (Phi) is 6.12. The SMILES string of the molecule is CCC(CC)c1cc[n+](CC(=O)c2cc(C)n(Cc3ccc4c(c3)OCO4)c2C)cc1. The standard InChI is InChI=1S/C26H31N2O3/c1-5-21(6-2)22-9-11-27(12-10-22)16-24(29)23-13-18(3)28(19(23)4)15-20-7-8-25-26(14-20)31-17-30-25/h7-14,21H,5-6,15-17H2,1-4H3/q+1. The van der Waals surface area contributed by atoms with Crippen LogP contribution in [-0.4, -0.2) is 17.1 Å². The van der Waals surface area contributed by atoms with Gasteiger partial charge in [-0.25, -0.2) is 0 Å². The maximum atomic E-state index is 13.1. The van der Waals surface area contributed by atoms with Gasteiger partial charge in [0.25, 0.3) is 0 Å². The topological polar surface area (TPSA) is 44.3 Å². The lowest BCUT2D eigenvalue weighted by molar-refractivity contribution is -0.683. The van der Waals surface area contributed by atoms with Crippen molar-refractivity contribution < 1.29 is 18.8 Å². The van der Waals surface area contributed by atoms with Crippen molar-refractivity contribution in [3.63, 3.8) is 0 Å². The molecule has 0 bridgehead atoms. The van der Waals surface area contributed by atoms with Crippen molar-refractivity contribution in [1.82, 2.24) is 4.57 Å². The number of ether oxygens (including phenoxy) is 2. The predicted octanol–water partition coefficient (Wildman–Crippen LogP) is 4.96. The number of hydrogen-bond acceptors (Lipinski definition) is 3. The summed E-state index contributed by atoms with van der Waals surface area (Å²) in [6, 6.07) is 12.3. The largest absolute Gasteiger partial charge is 0.454 e. The van der Waals surface area contributed by atoms with Gasteiger partial charge < -0.3 is 14.0 Å². The molecule has 3 aromatic rings. The molecule has 0 aliphatic carbocycles. The summed E-state index contributed by atoms with van der Waals surface area (Å²) in [6.07, 6.45) is 6.32. The Bertz CT molecular complexity index is 1080. The number of ketones is 1. The number of pyridine rings is 1. The van der Waals surface area contributed by atoms with E-state index in [2.05, 4.69) is 30.5 Å². The van der Waals surface area contributed by atoms with Crippen molar-refractivity contribution in [3.8, 4) is 11.5 Å². The molecule has 0 radical (unpaired) electrons. The number of rotatable bonds is 8. The number of nitrogens with zero attached hydrogens (tertiary/aromatic N) is 2. The fourth-order valence-corrected chi connectivity index (χ4v) is 4.41. The maximum absolute atomic E-state index is 13.1. The molecule has 162 valence electrons. The average Bonchev–Trinajstić information content (AvgIpc) is 3.35. The maximum Gasteiger partial charge on any atom is 0.231 e. The summed E-state index contributed by atoms with van der Waals surface area (Å²) < 4.78 is 15.1. The molecule has 1 aliphatic rings. The summed E-state index contributed by atoms with van der Waals surface area (Å²) >= 11 is 0. The molecule has 1 aromatic carbocycles. The summed E-state index contributed by atoms with van der Waals surface area (Å²) in [7, 11) is 0. The van der Waals surface area contributed by atoms with Crippen molar-refractivity contribution in [1.29, 1.82) is 0 Å². The van der Waals surface area contributed by atoms with E-state index in [-0.39, 0.29) is 12.6 Å². The molecule has 0 N–H and O–H groups in total. The molecule has 0 fully saturated rings. The molecule has 3 heterocycles. The molecule has 5 heteroatoms. The van der Waals surface area contributed by atoms with Gasteiger partial charge in [0.2, 0.25) is 19.1 Å². The summed E-state index contributed by atoms with van der Waals surface area (Å²) in [5.41, 5.74) is 5.32. The van der Waals surface area contributed by atoms with Gasteiger partial charge in [0, 0.05) is 35.6 Å². The fraction of sp³-hybridized carbons (Fsp3) is 0.385. The van der Waals surface area contributed by atoms with Gasteiger partial charge in [-0.2, -0.15) is 4.57 Å². The molecule has 0 unspecified atom stereocenters. The van der Waals surface area contributed by atoms with Crippen LogP contribution in [0.2, 0.25) is 0 Å². The minimum absolute atomic E-state index is 0.130. The average molecular weight is 420 g/mol. The number of aromatic nitrogens is 2. The van der Waals surface area contributed by atoms with Crippen LogP contribution < -0.4 is 14.0 Å². The molecule has 31 heavy (non-hydrogen) atoms. The minimum Gasteiger partial charge on any atom is -0.454 e. The van der Waals surface area contributed by atoms with Crippen LogP contribution in [0.1, 0.15) is 65.5 Å². The van der Waals surface area contributed by atoms with Crippen LogP contribution in [0.25, 0.3) is 0 Å². The molecular formula is C26H31N2O3+. The highest BCUT2D eigenvalue weighted by Gasteiger charge is 2.20. The first-order valence-corrected chi connectivity index (χ1v) is 11.1. The Morgan fingerprint density at radius 2 is 1.74 bits per heavy atom. The van der Waals surface area contributed by atoms with E-state index in [1.165, 1.54) is 5.56 Å². The molecule has 4 rings (SSSR count). The molecule has 0 spiro atoms. The van der Waals surface area contributed by atoms with Crippen LogP contribution in [0.4, 0.5) is 0 Å². The lowest BCUT2D eigenvalue weighted by Gasteiger charge is -2.11. The number of hydrogen-bond donors (Lipinski definition) is 0. The van der Waals surface area contributed by atoms with Gasteiger partial charge in [0.15, 0.2) is 23.9 Å². The smallest absolute Gasteiger partial charge is 0.231 e. The van der Waals surface area contributed by atoms with Gasteiger partial charge in [-0.05, 0) is 61.9 Å². The van der Waals surface area contributed by atoms with Gasteiger partial charge >= 0.3 is 0 Å². The summed E-state index contributed by atoms with van der Waals surface area (Å²) in [5.74, 6) is 2.28. The van der Waals surface area contributed by atoms with Crippen molar-refractivity contribution in [3.05, 3.63) is 76.9 Å². The molecule has 0 atom stereocenters. The third-order valence-electron chi connectivity index (χ3n) is 6.35. The van der Waals surface area contributed by atoms with Crippen molar-refractivity contribution in [2.45, 2.75) is 59.5 Å². The molecule has 5 nitrogen and oxygen atoms in total. The second-order valence-corrected chi connectivity index (χ2v) is 8.30. The van der Waals surface area contributed by atoms with E-state index in [1.807, 2.05) is 55.1 Å². The third-order valence-corrected chi connectivity index (χ3v) is 6.35. The Morgan fingerprint density at radius 1 is 1.03 bits per heavy atom. The fourth-order valence-electron chi connectivity index (χ4n) is 4.41. The third kappa shape index (κ3) is 4.36. The Morgan fingerprint density at radius 3 is 2.45 bits per heavy atom. The minimum atomic E-state index is 0.130. The zero-order valence-electron chi connectivity index (χ0n) is 18.9. The molecule has 0 saturated carbocycles. The van der Waals surface area contributed by atoms with Gasteiger partial charge in [-0.3, -0.25) is 4.79 Å². The van der Waals surface area contributed by atoms with Crippen LogP contribution in [0.3, 0.4) is 0 Å². The number of aryl methyl sites for hydroxylation is 1. The van der Waals surface area contributed by atoms with E-state index >= 15 is 0 Å². The molecule has 1 aliphatic heterocycles. The van der Waals surface area contributed by atoms with Crippen LogP contribution in [-0.2, 0) is 13.1 Å². The Balaban J connectivity index is 1.49. The number of benzene rings is 1. The van der Waals surface area contributed by atoms with E-state index in [9.17, 15) is 4.79 Å². The zero-order valence-corrected chi connectivity index (χ0v) is 18.9. The lowest BCUT2D eigenvalue weighted by atomic mass is 9.95. The number of carbonyl (C=O) groups excluding carboxylic acids is 1. The number of fused-ring (bicyclic) bond motifs is 1. The molecule has 0 saturated heterocycles.